The lowest BCUT2D eigenvalue weighted by Crippen LogP contribution is -2.17. The number of Topliss-reactive ketones (excluding diaryl/α,β-unsaturated/α-hetero) is 2. The first-order valence-electron chi connectivity index (χ1n) is 14.1. The van der Waals surface area contributed by atoms with Crippen molar-refractivity contribution in [3.8, 4) is 11.5 Å². The number of pyridine rings is 2. The van der Waals surface area contributed by atoms with E-state index in [1.54, 1.807) is 50.9 Å². The predicted molar refractivity (Wildman–Crippen MR) is 154 cm³/mol. The minimum absolute atomic E-state index is 0.0357. The van der Waals surface area contributed by atoms with E-state index in [1.807, 2.05) is 24.3 Å². The van der Waals surface area contributed by atoms with E-state index < -0.39 is 0 Å². The van der Waals surface area contributed by atoms with Gasteiger partial charge in [-0.1, -0.05) is 6.42 Å². The molecule has 10 nitrogen and oxygen atoms in total. The zero-order valence-corrected chi connectivity index (χ0v) is 23.9. The molecule has 0 aliphatic heterocycles. The first-order chi connectivity index (χ1) is 20.5. The van der Waals surface area contributed by atoms with Crippen LogP contribution in [0.2, 0.25) is 0 Å². The fourth-order valence-corrected chi connectivity index (χ4v) is 5.30. The van der Waals surface area contributed by atoms with E-state index in [0.717, 1.165) is 37.1 Å². The zero-order chi connectivity index (χ0) is 29.3. The summed E-state index contributed by atoms with van der Waals surface area (Å²) < 4.78 is 10.2. The van der Waals surface area contributed by atoms with Gasteiger partial charge in [0.2, 0.25) is 0 Å². The SMILES string of the molecule is COc1ccc(CC(=O)Cc2ccc([C@H]3CCC[C@H](c4ccc(CC(=O)Cc5ccc(OC)cn5)nn4)C3)nn2)nc1. The molecule has 10 heteroatoms. The van der Waals surface area contributed by atoms with Crippen molar-refractivity contribution in [3.63, 3.8) is 0 Å². The third-order valence-electron chi connectivity index (χ3n) is 7.57. The average Bonchev–Trinajstić information content (AvgIpc) is 3.02. The van der Waals surface area contributed by atoms with Crippen LogP contribution in [0.4, 0.5) is 0 Å². The summed E-state index contributed by atoms with van der Waals surface area (Å²) in [6.45, 7) is 0. The van der Waals surface area contributed by atoms with Gasteiger partial charge < -0.3 is 9.47 Å². The van der Waals surface area contributed by atoms with E-state index in [4.69, 9.17) is 9.47 Å². The molecular formula is C32H34N6O4. The van der Waals surface area contributed by atoms with Crippen molar-refractivity contribution in [2.75, 3.05) is 14.2 Å². The summed E-state index contributed by atoms with van der Waals surface area (Å²) in [6, 6.07) is 15.0. The Hall–Kier alpha value is -4.60. The number of nitrogens with zero attached hydrogens (tertiary/aromatic N) is 6. The summed E-state index contributed by atoms with van der Waals surface area (Å²) >= 11 is 0. The molecule has 4 heterocycles. The van der Waals surface area contributed by atoms with E-state index in [0.29, 0.717) is 34.3 Å². The second-order valence-electron chi connectivity index (χ2n) is 10.6. The van der Waals surface area contributed by atoms with E-state index in [1.165, 1.54) is 0 Å². The van der Waals surface area contributed by atoms with Gasteiger partial charge in [0.05, 0.1) is 62.2 Å². The normalized spacial score (nSPS) is 16.5. The molecule has 5 rings (SSSR count). The molecule has 1 saturated carbocycles. The number of carbonyl (C=O) groups excluding carboxylic acids is 2. The number of carbonyl (C=O) groups is 2. The summed E-state index contributed by atoms with van der Waals surface area (Å²) in [7, 11) is 3.16. The first kappa shape index (κ1) is 28.9. The molecule has 0 saturated heterocycles. The average molecular weight is 567 g/mol. The summed E-state index contributed by atoms with van der Waals surface area (Å²) in [5.74, 6) is 1.93. The van der Waals surface area contributed by atoms with Crippen LogP contribution in [-0.2, 0) is 35.3 Å². The Kier molecular flexibility index (Phi) is 9.53. The van der Waals surface area contributed by atoms with Crippen LogP contribution in [0.1, 0.15) is 71.7 Å². The van der Waals surface area contributed by atoms with Gasteiger partial charge in [0.1, 0.15) is 23.1 Å². The molecule has 42 heavy (non-hydrogen) atoms. The van der Waals surface area contributed by atoms with Crippen LogP contribution in [-0.4, -0.2) is 56.1 Å². The van der Waals surface area contributed by atoms with Gasteiger partial charge in [-0.15, -0.1) is 0 Å². The molecule has 4 aromatic rings. The molecule has 4 aromatic heterocycles. The van der Waals surface area contributed by atoms with Crippen molar-refractivity contribution in [2.24, 2.45) is 0 Å². The van der Waals surface area contributed by atoms with Gasteiger partial charge in [-0.2, -0.15) is 20.4 Å². The standard InChI is InChI=1S/C32H34N6O4/c1-41-29-10-6-23(33-19-29)15-27(39)17-25-8-12-31(37-35-25)21-4-3-5-22(14-21)32-13-9-26(36-38-32)18-28(40)16-24-7-11-30(42-2)20-34-24/h6-13,19-22H,3-5,14-18H2,1-2H3/t21-,22-/m0/s1. The Balaban J connectivity index is 1.12. The van der Waals surface area contributed by atoms with E-state index >= 15 is 0 Å². The van der Waals surface area contributed by atoms with Gasteiger partial charge >= 0.3 is 0 Å². The molecule has 0 bridgehead atoms. The molecule has 216 valence electrons. The van der Waals surface area contributed by atoms with E-state index in [2.05, 4.69) is 30.4 Å². The Morgan fingerprint density at radius 1 is 0.619 bits per heavy atom. The monoisotopic (exact) mass is 566 g/mol. The largest absolute Gasteiger partial charge is 0.495 e. The van der Waals surface area contributed by atoms with Crippen LogP contribution in [0.15, 0.2) is 60.9 Å². The molecule has 1 fully saturated rings. The van der Waals surface area contributed by atoms with Crippen LogP contribution in [0.3, 0.4) is 0 Å². The summed E-state index contributed by atoms with van der Waals surface area (Å²) in [5.41, 5.74) is 4.59. The number of hydrogen-bond donors (Lipinski definition) is 0. The topological polar surface area (TPSA) is 130 Å². The Morgan fingerprint density at radius 3 is 1.40 bits per heavy atom. The number of ketones is 2. The summed E-state index contributed by atoms with van der Waals surface area (Å²) in [6.07, 6.45) is 8.17. The highest BCUT2D eigenvalue weighted by molar-refractivity contribution is 5.82. The maximum absolute atomic E-state index is 12.5. The number of ether oxygens (including phenoxy) is 2. The van der Waals surface area contributed by atoms with Gasteiger partial charge in [0.25, 0.3) is 0 Å². The third-order valence-corrected chi connectivity index (χ3v) is 7.57. The molecule has 0 unspecified atom stereocenters. The van der Waals surface area contributed by atoms with Gasteiger partial charge in [-0.3, -0.25) is 19.6 Å². The van der Waals surface area contributed by atoms with Gasteiger partial charge in [0.15, 0.2) is 0 Å². The molecule has 0 radical (unpaired) electrons. The van der Waals surface area contributed by atoms with Crippen molar-refractivity contribution >= 4 is 11.6 Å². The number of aromatic nitrogens is 6. The third kappa shape index (κ3) is 7.78. The minimum atomic E-state index is 0.0357. The molecule has 0 aromatic carbocycles. The number of methoxy groups -OCH3 is 2. The predicted octanol–water partition coefficient (Wildman–Crippen LogP) is 4.22. The Labute approximate surface area is 245 Å². The van der Waals surface area contributed by atoms with Crippen molar-refractivity contribution in [3.05, 3.63) is 95.1 Å². The molecule has 1 aliphatic rings. The second kappa shape index (κ2) is 13.8. The number of rotatable bonds is 12. The van der Waals surface area contributed by atoms with E-state index in [9.17, 15) is 9.59 Å². The fraction of sp³-hybridized carbons (Fsp3) is 0.375. The lowest BCUT2D eigenvalue weighted by atomic mass is 9.78. The van der Waals surface area contributed by atoms with Crippen LogP contribution in [0, 0.1) is 0 Å². The molecule has 1 aliphatic carbocycles. The van der Waals surface area contributed by atoms with Crippen molar-refractivity contribution in [2.45, 2.75) is 63.2 Å². The maximum atomic E-state index is 12.5. The quantitative estimate of drug-likeness (QED) is 0.246. The second-order valence-corrected chi connectivity index (χ2v) is 10.6. The van der Waals surface area contributed by atoms with Crippen LogP contribution in [0.25, 0.3) is 0 Å². The molecule has 0 amide bonds. The van der Waals surface area contributed by atoms with Crippen LogP contribution in [0.5, 0.6) is 11.5 Å². The molecule has 0 N–H and O–H groups in total. The Bertz CT molecular complexity index is 1360. The number of hydrogen-bond acceptors (Lipinski definition) is 10. The van der Waals surface area contributed by atoms with Gasteiger partial charge in [-0.05, 0) is 67.8 Å². The lowest BCUT2D eigenvalue weighted by Gasteiger charge is -2.28. The van der Waals surface area contributed by atoms with Crippen molar-refractivity contribution in [1.82, 2.24) is 30.4 Å². The highest BCUT2D eigenvalue weighted by Gasteiger charge is 2.27. The van der Waals surface area contributed by atoms with Gasteiger partial charge in [0, 0.05) is 36.1 Å². The van der Waals surface area contributed by atoms with E-state index in [-0.39, 0.29) is 49.1 Å². The lowest BCUT2D eigenvalue weighted by molar-refractivity contribution is -0.118. The maximum Gasteiger partial charge on any atom is 0.144 e. The van der Waals surface area contributed by atoms with Crippen molar-refractivity contribution in [1.29, 1.82) is 0 Å². The molecular weight excluding hydrogens is 532 g/mol. The Morgan fingerprint density at radius 2 is 1.05 bits per heavy atom. The fourth-order valence-electron chi connectivity index (χ4n) is 5.30. The minimum Gasteiger partial charge on any atom is -0.495 e. The van der Waals surface area contributed by atoms with Crippen molar-refractivity contribution < 1.29 is 19.1 Å². The van der Waals surface area contributed by atoms with Gasteiger partial charge in [-0.25, -0.2) is 0 Å². The highest BCUT2D eigenvalue weighted by atomic mass is 16.5. The highest BCUT2D eigenvalue weighted by Crippen LogP contribution is 2.39. The molecule has 0 spiro atoms. The first-order valence-corrected chi connectivity index (χ1v) is 14.1. The smallest absolute Gasteiger partial charge is 0.144 e. The molecule has 2 atom stereocenters. The summed E-state index contributed by atoms with van der Waals surface area (Å²) in [4.78, 5) is 33.6. The van der Waals surface area contributed by atoms with Crippen LogP contribution >= 0.6 is 0 Å². The zero-order valence-electron chi connectivity index (χ0n) is 23.9. The van der Waals surface area contributed by atoms with Crippen LogP contribution < -0.4 is 9.47 Å². The summed E-state index contributed by atoms with van der Waals surface area (Å²) in [5, 5.41) is 17.7.